The summed E-state index contributed by atoms with van der Waals surface area (Å²) in [4.78, 5) is 29.7. The Morgan fingerprint density at radius 1 is 1.33 bits per heavy atom. The van der Waals surface area contributed by atoms with Gasteiger partial charge in [-0.2, -0.15) is 0 Å². The van der Waals surface area contributed by atoms with Crippen molar-refractivity contribution in [3.8, 4) is 5.75 Å². The Bertz CT molecular complexity index is 892. The number of hydrogen-bond donors (Lipinski definition) is 2. The van der Waals surface area contributed by atoms with Crippen LogP contribution in [0.3, 0.4) is 0 Å². The molecule has 2 aromatic heterocycles. The molecule has 0 bridgehead atoms. The molecule has 0 atom stereocenters. The average Bonchev–Trinajstić information content (AvgIpc) is 2.92. The van der Waals surface area contributed by atoms with E-state index in [0.717, 1.165) is 5.39 Å². The van der Waals surface area contributed by atoms with Gasteiger partial charge in [0.25, 0.3) is 5.56 Å². The molecule has 2 N–H and O–H groups in total. The Hall–Kier alpha value is -2.76. The van der Waals surface area contributed by atoms with Crippen LogP contribution in [-0.4, -0.2) is 29.7 Å². The lowest BCUT2D eigenvalue weighted by Gasteiger charge is -2.05. The number of hydrogen-bond acceptors (Lipinski definition) is 4. The van der Waals surface area contributed by atoms with E-state index < -0.39 is 5.97 Å². The summed E-state index contributed by atoms with van der Waals surface area (Å²) in [6.45, 7) is 2.02. The maximum absolute atomic E-state index is 12.1. The van der Waals surface area contributed by atoms with Gasteiger partial charge in [-0.15, -0.1) is 0 Å². The predicted molar refractivity (Wildman–Crippen MR) is 78.9 cm³/mol. The van der Waals surface area contributed by atoms with Crippen LogP contribution >= 0.6 is 0 Å². The second-order valence-corrected chi connectivity index (χ2v) is 4.54. The van der Waals surface area contributed by atoms with Crippen LogP contribution in [0.25, 0.3) is 21.8 Å². The van der Waals surface area contributed by atoms with Crippen molar-refractivity contribution in [1.82, 2.24) is 9.97 Å². The first-order valence-electron chi connectivity index (χ1n) is 6.54. The molecule has 0 saturated heterocycles. The van der Waals surface area contributed by atoms with E-state index in [4.69, 9.17) is 9.47 Å². The third kappa shape index (κ3) is 2.05. The number of aromatic amines is 2. The van der Waals surface area contributed by atoms with Crippen molar-refractivity contribution in [1.29, 1.82) is 0 Å². The molecule has 21 heavy (non-hydrogen) atoms. The largest absolute Gasteiger partial charge is 0.497 e. The van der Waals surface area contributed by atoms with E-state index in [0.29, 0.717) is 27.7 Å². The highest BCUT2D eigenvalue weighted by Crippen LogP contribution is 2.27. The molecule has 6 nitrogen and oxygen atoms in total. The minimum atomic E-state index is -0.452. The normalized spacial score (nSPS) is 11.0. The van der Waals surface area contributed by atoms with Crippen LogP contribution in [0, 0.1) is 0 Å². The second-order valence-electron chi connectivity index (χ2n) is 4.54. The van der Waals surface area contributed by atoms with Gasteiger partial charge in [0.1, 0.15) is 11.3 Å². The Labute approximate surface area is 119 Å². The lowest BCUT2D eigenvalue weighted by atomic mass is 10.1. The van der Waals surface area contributed by atoms with Gasteiger partial charge < -0.3 is 19.4 Å². The molecule has 0 radical (unpaired) electrons. The van der Waals surface area contributed by atoms with Crippen molar-refractivity contribution >= 4 is 27.8 Å². The smallest absolute Gasteiger partial charge is 0.340 e. The van der Waals surface area contributed by atoms with E-state index in [1.54, 1.807) is 26.2 Å². The van der Waals surface area contributed by atoms with E-state index in [9.17, 15) is 9.59 Å². The first-order chi connectivity index (χ1) is 10.2. The number of methoxy groups -OCH3 is 1. The summed E-state index contributed by atoms with van der Waals surface area (Å²) in [5, 5.41) is 1.32. The van der Waals surface area contributed by atoms with Crippen LogP contribution in [0.1, 0.15) is 17.3 Å². The van der Waals surface area contributed by atoms with E-state index >= 15 is 0 Å². The number of pyridine rings is 1. The highest BCUT2D eigenvalue weighted by molar-refractivity contribution is 6.15. The SMILES string of the molecule is CCOC(=O)c1c[nH]c2c(=O)[nH]c3cc(OC)ccc3c12. The number of ether oxygens (including phenoxy) is 2. The van der Waals surface area contributed by atoms with Gasteiger partial charge in [0.15, 0.2) is 0 Å². The quantitative estimate of drug-likeness (QED) is 0.723. The topological polar surface area (TPSA) is 84.2 Å². The number of rotatable bonds is 3. The summed E-state index contributed by atoms with van der Waals surface area (Å²) in [5.41, 5.74) is 1.03. The van der Waals surface area contributed by atoms with Crippen LogP contribution in [0.5, 0.6) is 5.75 Å². The van der Waals surface area contributed by atoms with Gasteiger partial charge in [0.2, 0.25) is 0 Å². The number of nitrogens with one attached hydrogen (secondary N) is 2. The van der Waals surface area contributed by atoms with Gasteiger partial charge in [-0.05, 0) is 19.1 Å². The number of benzene rings is 1. The average molecular weight is 286 g/mol. The van der Waals surface area contributed by atoms with Crippen LogP contribution in [-0.2, 0) is 4.74 Å². The van der Waals surface area contributed by atoms with Gasteiger partial charge in [-0.3, -0.25) is 4.79 Å². The molecule has 2 heterocycles. The zero-order valence-corrected chi connectivity index (χ0v) is 11.6. The predicted octanol–water partition coefficient (Wildman–Crippen LogP) is 2.19. The molecular formula is C15H14N2O4. The number of aromatic nitrogens is 2. The summed E-state index contributed by atoms with van der Waals surface area (Å²) >= 11 is 0. The van der Waals surface area contributed by atoms with E-state index in [1.165, 1.54) is 6.20 Å². The van der Waals surface area contributed by atoms with Crippen LogP contribution in [0.15, 0.2) is 29.2 Å². The fraction of sp³-hybridized carbons (Fsp3) is 0.200. The lowest BCUT2D eigenvalue weighted by Crippen LogP contribution is -2.08. The molecule has 3 rings (SSSR count). The Morgan fingerprint density at radius 2 is 2.14 bits per heavy atom. The first kappa shape index (κ1) is 13.2. The fourth-order valence-corrected chi connectivity index (χ4v) is 2.41. The van der Waals surface area contributed by atoms with Crippen molar-refractivity contribution in [2.75, 3.05) is 13.7 Å². The zero-order valence-electron chi connectivity index (χ0n) is 11.6. The molecule has 108 valence electrons. The van der Waals surface area contributed by atoms with Crippen molar-refractivity contribution < 1.29 is 14.3 Å². The highest BCUT2D eigenvalue weighted by Gasteiger charge is 2.18. The molecule has 6 heteroatoms. The summed E-state index contributed by atoms with van der Waals surface area (Å²) in [7, 11) is 1.55. The van der Waals surface area contributed by atoms with Crippen molar-refractivity contribution in [3.63, 3.8) is 0 Å². The minimum Gasteiger partial charge on any atom is -0.497 e. The molecule has 0 aliphatic rings. The number of carbonyl (C=O) groups is 1. The summed E-state index contributed by atoms with van der Waals surface area (Å²) in [6.07, 6.45) is 1.50. The molecular weight excluding hydrogens is 272 g/mol. The summed E-state index contributed by atoms with van der Waals surface area (Å²) in [6, 6.07) is 5.31. The molecule has 0 unspecified atom stereocenters. The van der Waals surface area contributed by atoms with Gasteiger partial charge in [0.05, 0.1) is 24.8 Å². The monoisotopic (exact) mass is 286 g/mol. The van der Waals surface area contributed by atoms with Crippen molar-refractivity contribution in [2.24, 2.45) is 0 Å². The van der Waals surface area contributed by atoms with E-state index in [2.05, 4.69) is 9.97 Å². The molecule has 0 fully saturated rings. The summed E-state index contributed by atoms with van der Waals surface area (Å²) in [5.74, 6) is 0.178. The third-order valence-electron chi connectivity index (χ3n) is 3.35. The fourth-order valence-electron chi connectivity index (χ4n) is 2.41. The number of esters is 1. The molecule has 0 amide bonds. The Kier molecular flexibility index (Phi) is 3.13. The van der Waals surface area contributed by atoms with E-state index in [-0.39, 0.29) is 12.2 Å². The molecule has 1 aromatic carbocycles. The Balaban J connectivity index is 2.38. The van der Waals surface area contributed by atoms with Crippen LogP contribution in [0.4, 0.5) is 0 Å². The molecule has 0 aliphatic carbocycles. The Morgan fingerprint density at radius 3 is 2.86 bits per heavy atom. The number of carbonyl (C=O) groups excluding carboxylic acids is 1. The number of fused-ring (bicyclic) bond motifs is 3. The molecule has 0 spiro atoms. The zero-order chi connectivity index (χ0) is 15.0. The maximum Gasteiger partial charge on any atom is 0.340 e. The van der Waals surface area contributed by atoms with Crippen LogP contribution in [0.2, 0.25) is 0 Å². The van der Waals surface area contributed by atoms with Crippen molar-refractivity contribution in [2.45, 2.75) is 6.92 Å². The van der Waals surface area contributed by atoms with Crippen LogP contribution < -0.4 is 10.3 Å². The molecule has 3 aromatic rings. The van der Waals surface area contributed by atoms with Gasteiger partial charge >= 0.3 is 5.97 Å². The second kappa shape index (κ2) is 4.97. The maximum atomic E-state index is 12.1. The minimum absolute atomic E-state index is 0.278. The van der Waals surface area contributed by atoms with Gasteiger partial charge in [-0.25, -0.2) is 4.79 Å². The van der Waals surface area contributed by atoms with Gasteiger partial charge in [-0.1, -0.05) is 0 Å². The standard InChI is InChI=1S/C15H14N2O4/c1-3-21-15(19)10-7-16-13-12(10)9-5-4-8(20-2)6-11(9)17-14(13)18/h4-7,16H,3H2,1-2H3,(H,17,18). The highest BCUT2D eigenvalue weighted by atomic mass is 16.5. The third-order valence-corrected chi connectivity index (χ3v) is 3.35. The van der Waals surface area contributed by atoms with Gasteiger partial charge in [0, 0.05) is 23.0 Å². The summed E-state index contributed by atoms with van der Waals surface area (Å²) < 4.78 is 10.2. The first-order valence-corrected chi connectivity index (χ1v) is 6.54. The molecule has 0 saturated carbocycles. The number of H-pyrrole nitrogens is 2. The molecule has 0 aliphatic heterocycles. The van der Waals surface area contributed by atoms with E-state index in [1.807, 2.05) is 6.07 Å². The van der Waals surface area contributed by atoms with Crippen molar-refractivity contribution in [3.05, 3.63) is 40.3 Å². The lowest BCUT2D eigenvalue weighted by molar-refractivity contribution is 0.0529.